The van der Waals surface area contributed by atoms with Crippen LogP contribution in [0.3, 0.4) is 0 Å². The predicted octanol–water partition coefficient (Wildman–Crippen LogP) is 1.81. The Hall–Kier alpha value is -1.91. The summed E-state index contributed by atoms with van der Waals surface area (Å²) in [5.41, 5.74) is 8.58. The number of nitrogens with two attached hydrogens (primary N) is 1. The van der Waals surface area contributed by atoms with Gasteiger partial charge >= 0.3 is 0 Å². The van der Waals surface area contributed by atoms with Crippen LogP contribution in [0.2, 0.25) is 0 Å². The van der Waals surface area contributed by atoms with E-state index in [1.807, 2.05) is 39.0 Å². The van der Waals surface area contributed by atoms with Gasteiger partial charge in [0.25, 0.3) is 0 Å². The summed E-state index contributed by atoms with van der Waals surface area (Å²) >= 11 is 0. The number of rotatable bonds is 2. The highest BCUT2D eigenvalue weighted by atomic mass is 15.5. The Balaban J connectivity index is 2.54. The van der Waals surface area contributed by atoms with Crippen LogP contribution in [0.5, 0.6) is 0 Å². The minimum absolute atomic E-state index is 0.238. The topological polar surface area (TPSA) is 69.6 Å². The molecule has 0 atom stereocenters. The average molecular weight is 217 g/mol. The second-order valence-electron chi connectivity index (χ2n) is 4.12. The van der Waals surface area contributed by atoms with Gasteiger partial charge in [-0.1, -0.05) is 0 Å². The third-order valence-electron chi connectivity index (χ3n) is 2.47. The molecule has 5 heteroatoms. The van der Waals surface area contributed by atoms with Crippen molar-refractivity contribution in [3.05, 3.63) is 23.8 Å². The van der Waals surface area contributed by atoms with Crippen molar-refractivity contribution in [3.8, 4) is 11.4 Å². The molecule has 84 valence electrons. The third kappa shape index (κ3) is 1.76. The molecule has 0 radical (unpaired) electrons. The van der Waals surface area contributed by atoms with Crippen molar-refractivity contribution in [1.29, 1.82) is 0 Å². The molecule has 1 aromatic carbocycles. The molecule has 0 saturated carbocycles. The quantitative estimate of drug-likeness (QED) is 0.779. The maximum atomic E-state index is 5.72. The van der Waals surface area contributed by atoms with Gasteiger partial charge in [-0.2, -0.15) is 0 Å². The highest BCUT2D eigenvalue weighted by Gasteiger charge is 2.13. The second-order valence-corrected chi connectivity index (χ2v) is 4.12. The predicted molar refractivity (Wildman–Crippen MR) is 62.8 cm³/mol. The molecular weight excluding hydrogens is 202 g/mol. The summed E-state index contributed by atoms with van der Waals surface area (Å²) in [7, 11) is 0. The molecule has 0 unspecified atom stereocenters. The fourth-order valence-corrected chi connectivity index (χ4v) is 1.66. The van der Waals surface area contributed by atoms with Crippen molar-refractivity contribution in [2.24, 2.45) is 0 Å². The zero-order valence-electron chi connectivity index (χ0n) is 9.68. The van der Waals surface area contributed by atoms with E-state index in [4.69, 9.17) is 5.73 Å². The van der Waals surface area contributed by atoms with E-state index in [2.05, 4.69) is 15.5 Å². The van der Waals surface area contributed by atoms with Crippen molar-refractivity contribution < 1.29 is 0 Å². The molecule has 2 N–H and O–H groups in total. The van der Waals surface area contributed by atoms with Crippen LogP contribution in [0.4, 0.5) is 5.69 Å². The van der Waals surface area contributed by atoms with Crippen LogP contribution in [0, 0.1) is 6.92 Å². The molecule has 0 amide bonds. The number of benzene rings is 1. The number of aryl methyl sites for hydroxylation is 1. The van der Waals surface area contributed by atoms with Crippen molar-refractivity contribution in [2.45, 2.75) is 26.8 Å². The number of hydrogen-bond donors (Lipinski definition) is 1. The zero-order chi connectivity index (χ0) is 11.7. The largest absolute Gasteiger partial charge is 0.399 e. The number of hydrogen-bond acceptors (Lipinski definition) is 4. The number of anilines is 1. The summed E-state index contributed by atoms with van der Waals surface area (Å²) in [4.78, 5) is 0. The number of aromatic nitrogens is 4. The number of nitrogens with zero attached hydrogens (tertiary/aromatic N) is 4. The maximum Gasteiger partial charge on any atom is 0.182 e. The number of tetrazole rings is 1. The normalized spacial score (nSPS) is 11.0. The minimum atomic E-state index is 0.238. The highest BCUT2D eigenvalue weighted by molar-refractivity contribution is 5.63. The van der Waals surface area contributed by atoms with Gasteiger partial charge in [-0.25, -0.2) is 4.68 Å². The van der Waals surface area contributed by atoms with Gasteiger partial charge < -0.3 is 5.73 Å². The SMILES string of the molecule is Cc1cc(N)ccc1-c1nnnn1C(C)C. The van der Waals surface area contributed by atoms with Crippen molar-refractivity contribution in [2.75, 3.05) is 5.73 Å². The molecular formula is C11H15N5. The van der Waals surface area contributed by atoms with E-state index in [1.165, 1.54) is 0 Å². The van der Waals surface area contributed by atoms with Crippen LogP contribution in [0.1, 0.15) is 25.5 Å². The summed E-state index contributed by atoms with van der Waals surface area (Å²) in [6.45, 7) is 6.10. The maximum absolute atomic E-state index is 5.72. The van der Waals surface area contributed by atoms with Crippen LogP contribution in [-0.4, -0.2) is 20.2 Å². The molecule has 5 nitrogen and oxygen atoms in total. The van der Waals surface area contributed by atoms with Gasteiger partial charge in [-0.15, -0.1) is 5.10 Å². The van der Waals surface area contributed by atoms with Crippen molar-refractivity contribution >= 4 is 5.69 Å². The average Bonchev–Trinajstić information content (AvgIpc) is 2.66. The van der Waals surface area contributed by atoms with E-state index < -0.39 is 0 Å². The molecule has 0 fully saturated rings. The first-order valence-corrected chi connectivity index (χ1v) is 5.24. The molecule has 1 heterocycles. The fraction of sp³-hybridized carbons (Fsp3) is 0.364. The van der Waals surface area contributed by atoms with Crippen LogP contribution in [0.25, 0.3) is 11.4 Å². The van der Waals surface area contributed by atoms with Gasteiger partial charge in [0.15, 0.2) is 5.82 Å². The molecule has 0 aliphatic rings. The van der Waals surface area contributed by atoms with Gasteiger partial charge in [0.2, 0.25) is 0 Å². The van der Waals surface area contributed by atoms with E-state index in [1.54, 1.807) is 4.68 Å². The molecule has 16 heavy (non-hydrogen) atoms. The molecule has 0 aliphatic heterocycles. The molecule has 2 aromatic rings. The summed E-state index contributed by atoms with van der Waals surface area (Å²) < 4.78 is 1.80. The summed E-state index contributed by atoms with van der Waals surface area (Å²) in [6, 6.07) is 5.98. The Kier molecular flexibility index (Phi) is 2.60. The van der Waals surface area contributed by atoms with Gasteiger partial charge in [0.1, 0.15) is 0 Å². The van der Waals surface area contributed by atoms with E-state index in [0.29, 0.717) is 0 Å². The van der Waals surface area contributed by atoms with Crippen LogP contribution >= 0.6 is 0 Å². The van der Waals surface area contributed by atoms with Gasteiger partial charge in [-0.05, 0) is 55.0 Å². The van der Waals surface area contributed by atoms with Crippen LogP contribution in [-0.2, 0) is 0 Å². The lowest BCUT2D eigenvalue weighted by molar-refractivity contribution is 0.519. The highest BCUT2D eigenvalue weighted by Crippen LogP contribution is 2.24. The Morgan fingerprint density at radius 3 is 2.69 bits per heavy atom. The van der Waals surface area contributed by atoms with E-state index in [0.717, 1.165) is 22.6 Å². The van der Waals surface area contributed by atoms with Crippen LogP contribution < -0.4 is 5.73 Å². The summed E-state index contributed by atoms with van der Waals surface area (Å²) in [6.07, 6.45) is 0. The van der Waals surface area contributed by atoms with E-state index in [-0.39, 0.29) is 6.04 Å². The van der Waals surface area contributed by atoms with Crippen molar-refractivity contribution in [1.82, 2.24) is 20.2 Å². The molecule has 2 rings (SSSR count). The van der Waals surface area contributed by atoms with Crippen molar-refractivity contribution in [3.63, 3.8) is 0 Å². The molecule has 1 aromatic heterocycles. The summed E-state index contributed by atoms with van der Waals surface area (Å²) in [5.74, 6) is 0.785. The van der Waals surface area contributed by atoms with Crippen LogP contribution in [0.15, 0.2) is 18.2 Å². The minimum Gasteiger partial charge on any atom is -0.399 e. The Morgan fingerprint density at radius 2 is 2.06 bits per heavy atom. The monoisotopic (exact) mass is 217 g/mol. The second kappa shape index (κ2) is 3.92. The molecule has 0 aliphatic carbocycles. The molecule has 0 bridgehead atoms. The molecule has 0 spiro atoms. The van der Waals surface area contributed by atoms with Gasteiger partial charge in [0, 0.05) is 11.3 Å². The Morgan fingerprint density at radius 1 is 1.31 bits per heavy atom. The lowest BCUT2D eigenvalue weighted by Gasteiger charge is -2.09. The van der Waals surface area contributed by atoms with E-state index >= 15 is 0 Å². The fourth-order valence-electron chi connectivity index (χ4n) is 1.66. The first kappa shape index (κ1) is 10.6. The summed E-state index contributed by atoms with van der Waals surface area (Å²) in [5, 5.41) is 11.8. The first-order chi connectivity index (χ1) is 7.59. The Labute approximate surface area is 94.3 Å². The third-order valence-corrected chi connectivity index (χ3v) is 2.47. The zero-order valence-corrected chi connectivity index (χ0v) is 9.68. The lowest BCUT2D eigenvalue weighted by atomic mass is 10.1. The lowest BCUT2D eigenvalue weighted by Crippen LogP contribution is -2.06. The Bertz CT molecular complexity index is 501. The smallest absolute Gasteiger partial charge is 0.182 e. The van der Waals surface area contributed by atoms with E-state index in [9.17, 15) is 0 Å². The number of nitrogen functional groups attached to an aromatic ring is 1. The standard InChI is InChI=1S/C11H15N5/c1-7(2)16-11(13-14-15-16)10-5-4-9(12)6-8(10)3/h4-7H,12H2,1-3H3. The van der Waals surface area contributed by atoms with Gasteiger partial charge in [-0.3, -0.25) is 0 Å². The molecule has 0 saturated heterocycles. The first-order valence-electron chi connectivity index (χ1n) is 5.24. The van der Waals surface area contributed by atoms with Gasteiger partial charge in [0.05, 0.1) is 6.04 Å².